The maximum absolute atomic E-state index is 13.8. The summed E-state index contributed by atoms with van der Waals surface area (Å²) >= 11 is 0. The van der Waals surface area contributed by atoms with Gasteiger partial charge >= 0.3 is 6.09 Å². The Labute approximate surface area is 224 Å². The molecule has 2 aromatic rings. The molecule has 1 saturated heterocycles. The fourth-order valence-corrected chi connectivity index (χ4v) is 5.42. The van der Waals surface area contributed by atoms with Gasteiger partial charge in [0.05, 0.1) is 0 Å². The van der Waals surface area contributed by atoms with Crippen LogP contribution in [0.2, 0.25) is 0 Å². The van der Waals surface area contributed by atoms with Crippen molar-refractivity contribution >= 4 is 12.0 Å². The summed E-state index contributed by atoms with van der Waals surface area (Å²) in [4.78, 5) is 31.1. The van der Waals surface area contributed by atoms with Crippen molar-refractivity contribution in [3.63, 3.8) is 0 Å². The Balaban J connectivity index is 1.84. The lowest BCUT2D eigenvalue weighted by molar-refractivity contribution is -0.137. The fraction of sp³-hybridized carbons (Fsp3) is 0.562. The van der Waals surface area contributed by atoms with Crippen molar-refractivity contribution in [2.45, 2.75) is 85.4 Å². The van der Waals surface area contributed by atoms with E-state index in [1.807, 2.05) is 74.2 Å². The number of carbonyl (C=O) groups is 2. The second-order valence-corrected chi connectivity index (χ2v) is 12.1. The highest BCUT2D eigenvalue weighted by Crippen LogP contribution is 2.30. The van der Waals surface area contributed by atoms with Gasteiger partial charge in [0.1, 0.15) is 5.60 Å². The van der Waals surface area contributed by atoms with Crippen LogP contribution in [0, 0.1) is 17.8 Å². The Kier molecular flexibility index (Phi) is 10.2. The van der Waals surface area contributed by atoms with Crippen molar-refractivity contribution in [3.8, 4) is 0 Å². The molecule has 202 valence electrons. The van der Waals surface area contributed by atoms with Crippen molar-refractivity contribution in [2.75, 3.05) is 13.1 Å². The quantitative estimate of drug-likeness (QED) is 0.369. The maximum Gasteiger partial charge on any atom is 0.410 e. The Morgan fingerprint density at radius 3 is 2.16 bits per heavy atom. The number of nitrogens with zero attached hydrogens (tertiary/aromatic N) is 2. The standard InChI is InChI=1S/C32H46N2O3/c1-24(2)19-25(3)34-18-17-28(21-29(30(34)35)20-26-13-9-7-10-14-26)23-33(31(36)37-32(4,5)6)22-27-15-11-8-12-16-27/h7-16,24-25,28-29H,17-23H2,1-6H3/t25-,28?,29-/m1/s1. The zero-order valence-electron chi connectivity index (χ0n) is 23.7. The Morgan fingerprint density at radius 1 is 1.00 bits per heavy atom. The Bertz CT molecular complexity index is 984. The molecular formula is C32H46N2O3. The SMILES string of the molecule is CC(C)C[C@@H](C)N1CCC(CN(Cc2ccccc2)C(=O)OC(C)(C)C)C[C@@H](Cc2ccccc2)C1=O. The second-order valence-electron chi connectivity index (χ2n) is 12.1. The highest BCUT2D eigenvalue weighted by molar-refractivity contribution is 5.80. The molecule has 5 heteroatoms. The summed E-state index contributed by atoms with van der Waals surface area (Å²) in [6, 6.07) is 20.6. The molecule has 0 N–H and O–H groups in total. The molecule has 3 rings (SSSR count). The van der Waals surface area contributed by atoms with Crippen LogP contribution in [0.5, 0.6) is 0 Å². The molecule has 0 aromatic heterocycles. The van der Waals surface area contributed by atoms with Crippen LogP contribution in [0.15, 0.2) is 60.7 Å². The van der Waals surface area contributed by atoms with Gasteiger partial charge in [-0.15, -0.1) is 0 Å². The first kappa shape index (κ1) is 28.7. The average Bonchev–Trinajstić information content (AvgIpc) is 2.97. The first-order valence-corrected chi connectivity index (χ1v) is 13.9. The van der Waals surface area contributed by atoms with Crippen LogP contribution in [0.1, 0.15) is 71.9 Å². The topological polar surface area (TPSA) is 49.9 Å². The average molecular weight is 507 g/mol. The van der Waals surface area contributed by atoms with E-state index in [0.717, 1.165) is 37.8 Å². The predicted molar refractivity (Wildman–Crippen MR) is 150 cm³/mol. The summed E-state index contributed by atoms with van der Waals surface area (Å²) in [7, 11) is 0. The van der Waals surface area contributed by atoms with Gasteiger partial charge in [-0.3, -0.25) is 4.79 Å². The zero-order valence-corrected chi connectivity index (χ0v) is 23.7. The van der Waals surface area contributed by atoms with Gasteiger partial charge in [0, 0.05) is 31.6 Å². The molecule has 2 aromatic carbocycles. The molecule has 1 aliphatic rings. The molecule has 1 heterocycles. The minimum absolute atomic E-state index is 0.0956. The van der Waals surface area contributed by atoms with E-state index in [1.165, 1.54) is 5.56 Å². The lowest BCUT2D eigenvalue weighted by Gasteiger charge is -2.31. The van der Waals surface area contributed by atoms with Gasteiger partial charge < -0.3 is 14.5 Å². The highest BCUT2D eigenvalue weighted by Gasteiger charge is 2.35. The van der Waals surface area contributed by atoms with Gasteiger partial charge in [-0.1, -0.05) is 74.5 Å². The zero-order chi connectivity index (χ0) is 27.0. The smallest absolute Gasteiger partial charge is 0.410 e. The van der Waals surface area contributed by atoms with Crippen LogP contribution >= 0.6 is 0 Å². The maximum atomic E-state index is 13.8. The third-order valence-corrected chi connectivity index (χ3v) is 7.04. The minimum Gasteiger partial charge on any atom is -0.444 e. The van der Waals surface area contributed by atoms with Gasteiger partial charge in [-0.2, -0.15) is 0 Å². The molecule has 1 fully saturated rings. The van der Waals surface area contributed by atoms with Crippen LogP contribution in [-0.2, 0) is 22.5 Å². The van der Waals surface area contributed by atoms with E-state index in [1.54, 1.807) is 0 Å². The normalized spacial score (nSPS) is 19.4. The van der Waals surface area contributed by atoms with E-state index in [0.29, 0.717) is 19.0 Å². The van der Waals surface area contributed by atoms with Crippen LogP contribution in [-0.4, -0.2) is 46.5 Å². The van der Waals surface area contributed by atoms with Crippen molar-refractivity contribution in [1.29, 1.82) is 0 Å². The molecule has 3 atom stereocenters. The van der Waals surface area contributed by atoms with Gasteiger partial charge in [0.25, 0.3) is 0 Å². The number of ether oxygens (including phenoxy) is 1. The summed E-state index contributed by atoms with van der Waals surface area (Å²) in [6.45, 7) is 14.1. The molecular weight excluding hydrogens is 460 g/mol. The van der Waals surface area contributed by atoms with Crippen molar-refractivity contribution in [3.05, 3.63) is 71.8 Å². The summed E-state index contributed by atoms with van der Waals surface area (Å²) in [5.41, 5.74) is 1.70. The van der Waals surface area contributed by atoms with Gasteiger partial charge in [-0.25, -0.2) is 4.79 Å². The van der Waals surface area contributed by atoms with E-state index < -0.39 is 5.60 Å². The number of carbonyl (C=O) groups excluding carboxylic acids is 2. The Morgan fingerprint density at radius 2 is 1.59 bits per heavy atom. The lowest BCUT2D eigenvalue weighted by atomic mass is 9.88. The van der Waals surface area contributed by atoms with Crippen molar-refractivity contribution in [1.82, 2.24) is 9.80 Å². The van der Waals surface area contributed by atoms with E-state index >= 15 is 0 Å². The van der Waals surface area contributed by atoms with Gasteiger partial charge in [0.15, 0.2) is 0 Å². The van der Waals surface area contributed by atoms with Crippen molar-refractivity contribution < 1.29 is 14.3 Å². The van der Waals surface area contributed by atoms with E-state index in [9.17, 15) is 9.59 Å². The van der Waals surface area contributed by atoms with Crippen LogP contribution in [0.25, 0.3) is 0 Å². The number of rotatable bonds is 9. The predicted octanol–water partition coefficient (Wildman–Crippen LogP) is 6.96. The molecule has 0 radical (unpaired) electrons. The molecule has 0 saturated carbocycles. The molecule has 0 spiro atoms. The first-order valence-electron chi connectivity index (χ1n) is 13.9. The Hall–Kier alpha value is -2.82. The number of benzene rings is 2. The molecule has 2 amide bonds. The molecule has 0 aliphatic carbocycles. The monoisotopic (exact) mass is 506 g/mol. The third-order valence-electron chi connectivity index (χ3n) is 7.04. The highest BCUT2D eigenvalue weighted by atomic mass is 16.6. The number of hydrogen-bond acceptors (Lipinski definition) is 3. The third kappa shape index (κ3) is 9.21. The summed E-state index contributed by atoms with van der Waals surface area (Å²) in [5, 5.41) is 0. The summed E-state index contributed by atoms with van der Waals surface area (Å²) in [6.07, 6.45) is 3.08. The first-order chi connectivity index (χ1) is 17.5. The van der Waals surface area contributed by atoms with Crippen molar-refractivity contribution in [2.24, 2.45) is 17.8 Å². The van der Waals surface area contributed by atoms with Crippen LogP contribution < -0.4 is 0 Å². The fourth-order valence-electron chi connectivity index (χ4n) is 5.42. The molecule has 0 bridgehead atoms. The summed E-state index contributed by atoms with van der Waals surface area (Å²) in [5.74, 6) is 0.904. The molecule has 1 unspecified atom stereocenters. The minimum atomic E-state index is -0.565. The van der Waals surface area contributed by atoms with Crippen LogP contribution in [0.3, 0.4) is 0 Å². The molecule has 1 aliphatic heterocycles. The van der Waals surface area contributed by atoms with Gasteiger partial charge in [-0.05, 0) is 76.3 Å². The van der Waals surface area contributed by atoms with Crippen LogP contribution in [0.4, 0.5) is 4.79 Å². The number of amides is 2. The van der Waals surface area contributed by atoms with E-state index in [-0.39, 0.29) is 29.9 Å². The van der Waals surface area contributed by atoms with Gasteiger partial charge in [0.2, 0.25) is 5.91 Å². The largest absolute Gasteiger partial charge is 0.444 e. The number of hydrogen-bond donors (Lipinski definition) is 0. The number of likely N-dealkylation sites (tertiary alicyclic amines) is 1. The molecule has 5 nitrogen and oxygen atoms in total. The van der Waals surface area contributed by atoms with E-state index in [2.05, 4.69) is 37.8 Å². The van der Waals surface area contributed by atoms with E-state index in [4.69, 9.17) is 4.74 Å². The molecule has 37 heavy (non-hydrogen) atoms. The summed E-state index contributed by atoms with van der Waals surface area (Å²) < 4.78 is 5.80. The second kappa shape index (κ2) is 13.1. The lowest BCUT2D eigenvalue weighted by Crippen LogP contribution is -2.42.